The highest BCUT2D eigenvalue weighted by Gasteiger charge is 2.32. The van der Waals surface area contributed by atoms with Crippen molar-refractivity contribution < 1.29 is 23.1 Å². The zero-order valence-electron chi connectivity index (χ0n) is 12.1. The van der Waals surface area contributed by atoms with Crippen LogP contribution in [0.15, 0.2) is 23.1 Å². The molecule has 1 amide bonds. The summed E-state index contributed by atoms with van der Waals surface area (Å²) in [5.41, 5.74) is 3.47. The molecule has 3 N–H and O–H groups in total. The number of halogens is 3. The van der Waals surface area contributed by atoms with Crippen LogP contribution in [-0.4, -0.2) is 33.3 Å². The number of aromatic nitrogens is 2. The van der Waals surface area contributed by atoms with E-state index >= 15 is 0 Å². The fraction of sp³-hybridized carbons (Fsp3) is 0.357. The van der Waals surface area contributed by atoms with Gasteiger partial charge in [-0.3, -0.25) is 19.1 Å². The van der Waals surface area contributed by atoms with E-state index in [-0.39, 0.29) is 16.6 Å². The number of pyridine rings is 2. The summed E-state index contributed by atoms with van der Waals surface area (Å²) in [6.45, 7) is -0.472. The molecular formula is C14H14F3N3O3. The van der Waals surface area contributed by atoms with E-state index in [0.29, 0.717) is 4.57 Å². The van der Waals surface area contributed by atoms with E-state index in [1.807, 2.05) is 0 Å². The molecule has 1 atom stereocenters. The molecule has 2 aromatic heterocycles. The molecule has 6 nitrogen and oxygen atoms in total. The Hall–Kier alpha value is -2.42. The van der Waals surface area contributed by atoms with Crippen LogP contribution in [0.5, 0.6) is 0 Å². The Bertz CT molecular complexity index is 814. The fourth-order valence-corrected chi connectivity index (χ4v) is 2.45. The number of aliphatic hydroxyl groups is 1. The van der Waals surface area contributed by atoms with E-state index in [1.54, 1.807) is 0 Å². The van der Waals surface area contributed by atoms with E-state index in [2.05, 4.69) is 4.98 Å². The van der Waals surface area contributed by atoms with Crippen molar-refractivity contribution in [3.8, 4) is 0 Å². The van der Waals surface area contributed by atoms with Gasteiger partial charge in [0.15, 0.2) is 0 Å². The average Bonchev–Trinajstić information content (AvgIpc) is 2.47. The highest BCUT2D eigenvalue weighted by atomic mass is 19.4. The fourth-order valence-electron chi connectivity index (χ4n) is 2.45. The molecule has 23 heavy (non-hydrogen) atoms. The number of aliphatic hydroxyl groups excluding tert-OH is 1. The average molecular weight is 329 g/mol. The van der Waals surface area contributed by atoms with Gasteiger partial charge < -0.3 is 10.8 Å². The van der Waals surface area contributed by atoms with Gasteiger partial charge in [-0.05, 0) is 12.1 Å². The first-order valence-corrected chi connectivity index (χ1v) is 6.66. The molecule has 0 aromatic carbocycles. The summed E-state index contributed by atoms with van der Waals surface area (Å²) in [5.74, 6) is -1.85. The van der Waals surface area contributed by atoms with E-state index < -0.39 is 42.3 Å². The number of hydrogen-bond acceptors (Lipinski definition) is 4. The summed E-state index contributed by atoms with van der Waals surface area (Å²) < 4.78 is 38.7. The van der Waals surface area contributed by atoms with E-state index in [9.17, 15) is 27.9 Å². The maximum atomic E-state index is 12.8. The van der Waals surface area contributed by atoms with Gasteiger partial charge >= 0.3 is 6.18 Å². The Morgan fingerprint density at radius 2 is 2.13 bits per heavy atom. The topological polar surface area (TPSA) is 98.2 Å². The molecule has 0 spiro atoms. The van der Waals surface area contributed by atoms with Crippen LogP contribution in [-0.2, 0) is 6.54 Å². The molecule has 0 aliphatic rings. The lowest BCUT2D eigenvalue weighted by Crippen LogP contribution is -2.36. The molecular weight excluding hydrogens is 315 g/mol. The SMILES string of the molecule is CC(CO)c1c(C(N)=O)c(=O)n(CC(F)(F)F)c2cccnc12. The Morgan fingerprint density at radius 1 is 1.48 bits per heavy atom. The number of hydrogen-bond donors (Lipinski definition) is 2. The van der Waals surface area contributed by atoms with Crippen molar-refractivity contribution in [3.63, 3.8) is 0 Å². The molecule has 0 saturated heterocycles. The molecule has 0 aliphatic heterocycles. The van der Waals surface area contributed by atoms with Crippen LogP contribution in [0.3, 0.4) is 0 Å². The number of nitrogens with two attached hydrogens (primary N) is 1. The number of rotatable bonds is 4. The van der Waals surface area contributed by atoms with Crippen LogP contribution in [0.4, 0.5) is 13.2 Å². The first-order valence-electron chi connectivity index (χ1n) is 6.66. The van der Waals surface area contributed by atoms with Gasteiger partial charge in [0, 0.05) is 24.3 Å². The molecule has 0 saturated carbocycles. The van der Waals surface area contributed by atoms with Gasteiger partial charge in [0.25, 0.3) is 11.5 Å². The van der Waals surface area contributed by atoms with Crippen LogP contribution in [0, 0.1) is 0 Å². The third kappa shape index (κ3) is 3.19. The molecule has 2 aromatic rings. The molecule has 2 heterocycles. The van der Waals surface area contributed by atoms with Crippen molar-refractivity contribution in [3.05, 3.63) is 39.8 Å². The Balaban J connectivity index is 2.97. The zero-order valence-corrected chi connectivity index (χ0v) is 12.1. The highest BCUT2D eigenvalue weighted by Crippen LogP contribution is 2.27. The largest absolute Gasteiger partial charge is 0.406 e. The van der Waals surface area contributed by atoms with Gasteiger partial charge in [0.05, 0.1) is 11.0 Å². The molecule has 0 bridgehead atoms. The van der Waals surface area contributed by atoms with Gasteiger partial charge in [-0.25, -0.2) is 0 Å². The minimum absolute atomic E-state index is 0.0340. The molecule has 1 unspecified atom stereocenters. The molecule has 9 heteroatoms. The normalized spacial score (nSPS) is 13.3. The Labute approximate surface area is 128 Å². The van der Waals surface area contributed by atoms with Crippen molar-refractivity contribution in [2.45, 2.75) is 25.6 Å². The molecule has 2 rings (SSSR count). The first kappa shape index (κ1) is 16.9. The van der Waals surface area contributed by atoms with E-state index in [1.165, 1.54) is 25.3 Å². The van der Waals surface area contributed by atoms with Crippen molar-refractivity contribution in [1.29, 1.82) is 0 Å². The second-order valence-electron chi connectivity index (χ2n) is 5.11. The number of primary amides is 1. The van der Waals surface area contributed by atoms with Crippen LogP contribution < -0.4 is 11.3 Å². The van der Waals surface area contributed by atoms with Gasteiger partial charge in [0.2, 0.25) is 0 Å². The van der Waals surface area contributed by atoms with Gasteiger partial charge in [0.1, 0.15) is 12.1 Å². The van der Waals surface area contributed by atoms with Gasteiger partial charge in [-0.1, -0.05) is 6.92 Å². The number of alkyl halides is 3. The third-order valence-electron chi connectivity index (χ3n) is 3.41. The molecule has 124 valence electrons. The number of carbonyl (C=O) groups is 1. The summed E-state index contributed by atoms with van der Waals surface area (Å²) >= 11 is 0. The standard InChI is InChI=1S/C14H14F3N3O3/c1-7(5-21)9-10(12(18)22)13(23)20(6-14(15,16)17)8-3-2-4-19-11(8)9/h2-4,7,21H,5-6H2,1H3,(H2,18,22). The predicted octanol–water partition coefficient (Wildman–Crippen LogP) is 1.15. The van der Waals surface area contributed by atoms with Crippen LogP contribution in [0.1, 0.15) is 28.8 Å². The number of carbonyl (C=O) groups excluding carboxylic acids is 1. The summed E-state index contributed by atoms with van der Waals surface area (Å²) in [6.07, 6.45) is -3.34. The Morgan fingerprint density at radius 3 is 2.65 bits per heavy atom. The smallest absolute Gasteiger partial charge is 0.396 e. The minimum atomic E-state index is -4.66. The lowest BCUT2D eigenvalue weighted by Gasteiger charge is -2.19. The second-order valence-corrected chi connectivity index (χ2v) is 5.11. The molecule has 0 radical (unpaired) electrons. The van der Waals surface area contributed by atoms with Crippen molar-refractivity contribution in [2.24, 2.45) is 5.73 Å². The van der Waals surface area contributed by atoms with Gasteiger partial charge in [-0.15, -0.1) is 0 Å². The lowest BCUT2D eigenvalue weighted by atomic mass is 9.95. The second kappa shape index (κ2) is 5.99. The number of fused-ring (bicyclic) bond motifs is 1. The number of amides is 1. The highest BCUT2D eigenvalue weighted by molar-refractivity contribution is 5.98. The van der Waals surface area contributed by atoms with Crippen molar-refractivity contribution in [1.82, 2.24) is 9.55 Å². The van der Waals surface area contributed by atoms with Crippen molar-refractivity contribution >= 4 is 16.9 Å². The molecule has 0 aliphatic carbocycles. The minimum Gasteiger partial charge on any atom is -0.396 e. The number of nitrogens with zero attached hydrogens (tertiary/aromatic N) is 2. The van der Waals surface area contributed by atoms with Crippen LogP contribution in [0.2, 0.25) is 0 Å². The molecule has 0 fully saturated rings. The lowest BCUT2D eigenvalue weighted by molar-refractivity contribution is -0.140. The Kier molecular flexibility index (Phi) is 4.42. The van der Waals surface area contributed by atoms with E-state index in [4.69, 9.17) is 5.73 Å². The maximum Gasteiger partial charge on any atom is 0.406 e. The maximum absolute atomic E-state index is 12.8. The van der Waals surface area contributed by atoms with Crippen molar-refractivity contribution in [2.75, 3.05) is 6.61 Å². The quantitative estimate of drug-likeness (QED) is 0.879. The predicted molar refractivity (Wildman–Crippen MR) is 76.1 cm³/mol. The summed E-state index contributed by atoms with van der Waals surface area (Å²) in [5, 5.41) is 9.33. The monoisotopic (exact) mass is 329 g/mol. The van der Waals surface area contributed by atoms with Crippen LogP contribution in [0.25, 0.3) is 11.0 Å². The van der Waals surface area contributed by atoms with Crippen LogP contribution >= 0.6 is 0 Å². The summed E-state index contributed by atoms with van der Waals surface area (Å²) in [7, 11) is 0. The first-order chi connectivity index (χ1) is 10.7. The van der Waals surface area contributed by atoms with E-state index in [0.717, 1.165) is 0 Å². The van der Waals surface area contributed by atoms with Gasteiger partial charge in [-0.2, -0.15) is 13.2 Å². The third-order valence-corrected chi connectivity index (χ3v) is 3.41. The summed E-state index contributed by atoms with van der Waals surface area (Å²) in [6, 6.07) is 2.68. The zero-order chi connectivity index (χ0) is 17.4. The summed E-state index contributed by atoms with van der Waals surface area (Å²) in [4.78, 5) is 28.0.